The molecule has 52 valence electrons. The summed E-state index contributed by atoms with van der Waals surface area (Å²) in [5, 5.41) is 0. The van der Waals surface area contributed by atoms with Gasteiger partial charge in [0.1, 0.15) is 0 Å². The van der Waals surface area contributed by atoms with Gasteiger partial charge in [-0.1, -0.05) is 13.3 Å². The molecule has 2 bridgehead atoms. The van der Waals surface area contributed by atoms with Crippen LogP contribution in [-0.2, 0) is 0 Å². The van der Waals surface area contributed by atoms with E-state index in [2.05, 4.69) is 11.8 Å². The third kappa shape index (κ3) is 0.877. The summed E-state index contributed by atoms with van der Waals surface area (Å²) in [6.07, 6.45) is 2.92. The summed E-state index contributed by atoms with van der Waals surface area (Å²) in [5.74, 6) is 2.13. The largest absolute Gasteiger partial charge is 0.302 e. The van der Waals surface area contributed by atoms with Gasteiger partial charge in [-0.25, -0.2) is 0 Å². The van der Waals surface area contributed by atoms with Crippen molar-refractivity contribution in [1.82, 2.24) is 4.90 Å². The fourth-order valence-electron chi connectivity index (χ4n) is 2.18. The van der Waals surface area contributed by atoms with Crippen LogP contribution in [0, 0.1) is 11.8 Å². The minimum Gasteiger partial charge on any atom is -0.302 e. The molecule has 3 aliphatic heterocycles. The van der Waals surface area contributed by atoms with Crippen molar-refractivity contribution in [3.8, 4) is 0 Å². The molecule has 0 aromatic heterocycles. The maximum atomic E-state index is 2.59. The summed E-state index contributed by atoms with van der Waals surface area (Å²) in [7, 11) is 0. The topological polar surface area (TPSA) is 3.24 Å². The Morgan fingerprint density at radius 3 is 2.44 bits per heavy atom. The van der Waals surface area contributed by atoms with Crippen LogP contribution in [0.2, 0.25) is 0 Å². The molecule has 0 aromatic rings. The van der Waals surface area contributed by atoms with Crippen molar-refractivity contribution >= 4 is 0 Å². The maximum absolute atomic E-state index is 2.59. The highest BCUT2D eigenvalue weighted by Gasteiger charge is 2.34. The fraction of sp³-hybridized carbons (Fsp3) is 1.00. The lowest BCUT2D eigenvalue weighted by molar-refractivity contribution is 0.00932. The van der Waals surface area contributed by atoms with E-state index in [-0.39, 0.29) is 0 Å². The monoisotopic (exact) mass is 125 g/mol. The number of piperidine rings is 2. The first-order chi connectivity index (χ1) is 4.38. The lowest BCUT2D eigenvalue weighted by atomic mass is 9.81. The average Bonchev–Trinajstić information content (AvgIpc) is 1.87. The molecule has 0 spiro atoms. The van der Waals surface area contributed by atoms with E-state index in [1.165, 1.54) is 32.5 Å². The molecule has 0 radical (unpaired) electrons. The Morgan fingerprint density at radius 1 is 1.33 bits per heavy atom. The molecule has 1 atom stereocenters. The van der Waals surface area contributed by atoms with E-state index in [9.17, 15) is 0 Å². The molecular weight excluding hydrogens is 110 g/mol. The number of hydrogen-bond acceptors (Lipinski definition) is 1. The van der Waals surface area contributed by atoms with Crippen molar-refractivity contribution in [1.29, 1.82) is 0 Å². The Bertz CT molecular complexity index is 95.1. The smallest absolute Gasteiger partial charge is 0.00222 e. The van der Waals surface area contributed by atoms with Gasteiger partial charge in [-0.15, -0.1) is 0 Å². The Hall–Kier alpha value is -0.0400. The highest BCUT2D eigenvalue weighted by atomic mass is 15.2. The highest BCUT2D eigenvalue weighted by molar-refractivity contribution is 4.88. The summed E-state index contributed by atoms with van der Waals surface area (Å²) in [4.78, 5) is 2.59. The highest BCUT2D eigenvalue weighted by Crippen LogP contribution is 2.32. The van der Waals surface area contributed by atoms with E-state index in [1.54, 1.807) is 0 Å². The van der Waals surface area contributed by atoms with Gasteiger partial charge in [0.25, 0.3) is 0 Å². The van der Waals surface area contributed by atoms with Gasteiger partial charge >= 0.3 is 0 Å². The first-order valence-corrected chi connectivity index (χ1v) is 4.11. The molecular formula is C8H15N. The molecule has 3 saturated heterocycles. The van der Waals surface area contributed by atoms with Crippen molar-refractivity contribution < 1.29 is 0 Å². The minimum absolute atomic E-state index is 1.04. The van der Waals surface area contributed by atoms with Gasteiger partial charge in [0.2, 0.25) is 0 Å². The molecule has 0 aromatic carbocycles. The molecule has 3 rings (SSSR count). The van der Waals surface area contributed by atoms with Crippen molar-refractivity contribution in [2.75, 3.05) is 19.6 Å². The maximum Gasteiger partial charge on any atom is 0.00222 e. The second-order valence-corrected chi connectivity index (χ2v) is 3.59. The van der Waals surface area contributed by atoms with Gasteiger partial charge in [-0.05, 0) is 18.3 Å². The molecule has 1 unspecified atom stereocenters. The molecule has 3 aliphatic rings. The second-order valence-electron chi connectivity index (χ2n) is 3.59. The Labute approximate surface area is 57.0 Å². The van der Waals surface area contributed by atoms with Crippen LogP contribution >= 0.6 is 0 Å². The summed E-state index contributed by atoms with van der Waals surface area (Å²) in [6.45, 7) is 6.54. The van der Waals surface area contributed by atoms with Crippen LogP contribution in [0.25, 0.3) is 0 Å². The average molecular weight is 125 g/mol. The molecule has 9 heavy (non-hydrogen) atoms. The summed E-state index contributed by atoms with van der Waals surface area (Å²) in [5.41, 5.74) is 0. The Kier molecular flexibility index (Phi) is 1.26. The van der Waals surface area contributed by atoms with Crippen molar-refractivity contribution in [3.05, 3.63) is 0 Å². The molecule has 3 heterocycles. The normalized spacial score (nSPS) is 48.3. The SMILES string of the molecule is CCC1CC2CN(C1)C2. The number of rotatable bonds is 1. The van der Waals surface area contributed by atoms with Crippen molar-refractivity contribution in [2.45, 2.75) is 19.8 Å². The first-order valence-electron chi connectivity index (χ1n) is 4.11. The summed E-state index contributed by atoms with van der Waals surface area (Å²) < 4.78 is 0. The fourth-order valence-corrected chi connectivity index (χ4v) is 2.18. The molecule has 1 nitrogen and oxygen atoms in total. The number of nitrogens with zero attached hydrogens (tertiary/aromatic N) is 1. The zero-order valence-electron chi connectivity index (χ0n) is 6.14. The van der Waals surface area contributed by atoms with Gasteiger partial charge in [0.15, 0.2) is 0 Å². The van der Waals surface area contributed by atoms with E-state index in [4.69, 9.17) is 0 Å². The molecule has 0 N–H and O–H groups in total. The standard InChI is InChI=1S/C8H15N/c1-2-7-3-8-5-9(4-7)6-8/h7-8H,2-6H2,1H3. The summed E-state index contributed by atoms with van der Waals surface area (Å²) >= 11 is 0. The number of fused-ring (bicyclic) bond motifs is 2. The van der Waals surface area contributed by atoms with Crippen LogP contribution in [0.4, 0.5) is 0 Å². The van der Waals surface area contributed by atoms with E-state index in [0.29, 0.717) is 0 Å². The zero-order valence-corrected chi connectivity index (χ0v) is 6.14. The van der Waals surface area contributed by atoms with Crippen molar-refractivity contribution in [2.24, 2.45) is 11.8 Å². The Morgan fingerprint density at radius 2 is 2.11 bits per heavy atom. The van der Waals surface area contributed by atoms with Crippen molar-refractivity contribution in [3.63, 3.8) is 0 Å². The van der Waals surface area contributed by atoms with Crippen LogP contribution in [0.1, 0.15) is 19.8 Å². The van der Waals surface area contributed by atoms with Gasteiger partial charge in [0.05, 0.1) is 0 Å². The van der Waals surface area contributed by atoms with Gasteiger partial charge < -0.3 is 4.90 Å². The third-order valence-corrected chi connectivity index (χ3v) is 2.79. The van der Waals surface area contributed by atoms with Crippen LogP contribution in [0.15, 0.2) is 0 Å². The predicted molar refractivity (Wildman–Crippen MR) is 38.3 cm³/mol. The minimum atomic E-state index is 1.04. The second kappa shape index (κ2) is 1.98. The zero-order chi connectivity index (χ0) is 6.27. The van der Waals surface area contributed by atoms with E-state index in [1.807, 2.05) is 0 Å². The van der Waals surface area contributed by atoms with E-state index >= 15 is 0 Å². The third-order valence-electron chi connectivity index (χ3n) is 2.79. The summed E-state index contributed by atoms with van der Waals surface area (Å²) in [6, 6.07) is 0. The van der Waals surface area contributed by atoms with Crippen LogP contribution in [-0.4, -0.2) is 24.5 Å². The predicted octanol–water partition coefficient (Wildman–Crippen LogP) is 1.35. The van der Waals surface area contributed by atoms with Crippen LogP contribution < -0.4 is 0 Å². The lowest BCUT2D eigenvalue weighted by Crippen LogP contribution is -2.54. The molecule has 0 amide bonds. The number of hydrogen-bond donors (Lipinski definition) is 0. The van der Waals surface area contributed by atoms with Gasteiger partial charge in [-0.3, -0.25) is 0 Å². The molecule has 1 heteroatoms. The van der Waals surface area contributed by atoms with E-state index < -0.39 is 0 Å². The first kappa shape index (κ1) is 5.72. The lowest BCUT2D eigenvalue weighted by Gasteiger charge is -2.48. The molecule has 0 saturated carbocycles. The van der Waals surface area contributed by atoms with Gasteiger partial charge in [0, 0.05) is 19.6 Å². The van der Waals surface area contributed by atoms with Crippen LogP contribution in [0.3, 0.4) is 0 Å². The Balaban J connectivity index is 1.89. The van der Waals surface area contributed by atoms with E-state index in [0.717, 1.165) is 11.8 Å². The molecule has 3 fully saturated rings. The molecule has 0 aliphatic carbocycles. The quantitative estimate of drug-likeness (QED) is 0.511. The van der Waals surface area contributed by atoms with Crippen LogP contribution in [0.5, 0.6) is 0 Å². The van der Waals surface area contributed by atoms with Gasteiger partial charge in [-0.2, -0.15) is 0 Å².